The van der Waals surface area contributed by atoms with E-state index < -0.39 is 0 Å². The molecule has 6 heteroatoms. The van der Waals surface area contributed by atoms with Crippen molar-refractivity contribution in [1.29, 1.82) is 0 Å². The van der Waals surface area contributed by atoms with Crippen molar-refractivity contribution >= 4 is 30.5 Å². The van der Waals surface area contributed by atoms with E-state index in [0.717, 1.165) is 28.9 Å². The molecule has 4 aliphatic rings. The number of fused-ring (bicyclic) bond motifs is 1. The topological polar surface area (TPSA) is 57.6 Å². The second kappa shape index (κ2) is 6.00. The normalized spacial score (nSPS) is 35.5. The highest BCUT2D eigenvalue weighted by Gasteiger charge is 2.68. The zero-order chi connectivity index (χ0) is 17.4. The fraction of sp³-hybridized carbons (Fsp3) is 0.600. The summed E-state index contributed by atoms with van der Waals surface area (Å²) < 4.78 is 18.4. The lowest BCUT2D eigenvalue weighted by Crippen LogP contribution is -2.65. The van der Waals surface area contributed by atoms with Gasteiger partial charge in [-0.1, -0.05) is 32.0 Å². The smallest absolute Gasteiger partial charge is 0.464 e. The molecule has 1 aromatic heterocycles. The van der Waals surface area contributed by atoms with Crippen molar-refractivity contribution in [3.05, 3.63) is 36.1 Å². The van der Waals surface area contributed by atoms with Crippen LogP contribution < -0.4 is 5.73 Å². The maximum Gasteiger partial charge on any atom is 0.475 e. The van der Waals surface area contributed by atoms with Gasteiger partial charge in [0.1, 0.15) is 5.58 Å². The summed E-state index contributed by atoms with van der Waals surface area (Å²) in [7, 11) is -0.334. The predicted octanol–water partition coefficient (Wildman–Crippen LogP) is 3.99. The fourth-order valence-electron chi connectivity index (χ4n) is 5.62. The third-order valence-corrected chi connectivity index (χ3v) is 7.34. The number of rotatable bonds is 3. The molecule has 5 atom stereocenters. The lowest BCUT2D eigenvalue weighted by atomic mass is 9.43. The number of hydrogen-bond donors (Lipinski definition) is 1. The van der Waals surface area contributed by atoms with Crippen LogP contribution in [0.1, 0.15) is 39.2 Å². The van der Waals surface area contributed by atoms with Gasteiger partial charge in [-0.2, -0.15) is 0 Å². The first-order valence-corrected chi connectivity index (χ1v) is 9.43. The molecule has 6 rings (SSSR count). The lowest BCUT2D eigenvalue weighted by molar-refractivity contribution is -0.199. The van der Waals surface area contributed by atoms with E-state index in [9.17, 15) is 0 Å². The van der Waals surface area contributed by atoms with Crippen LogP contribution in [0.15, 0.2) is 34.9 Å². The van der Waals surface area contributed by atoms with Crippen LogP contribution in [-0.2, 0) is 15.7 Å². The summed E-state index contributed by atoms with van der Waals surface area (Å²) in [4.78, 5) is 0. The van der Waals surface area contributed by atoms with Gasteiger partial charge in [-0.25, -0.2) is 0 Å². The third-order valence-electron chi connectivity index (χ3n) is 7.34. The van der Waals surface area contributed by atoms with Crippen molar-refractivity contribution in [2.24, 2.45) is 23.0 Å². The molecule has 4 nitrogen and oxygen atoms in total. The van der Waals surface area contributed by atoms with Crippen molar-refractivity contribution in [3.8, 4) is 0 Å². The molecule has 0 amide bonds. The molecule has 4 fully saturated rings. The molecule has 2 N–H and O–H groups in total. The Morgan fingerprint density at radius 1 is 1.23 bits per heavy atom. The quantitative estimate of drug-likeness (QED) is 0.824. The zero-order valence-corrected chi connectivity index (χ0v) is 16.4. The average Bonchev–Trinajstić information content (AvgIpc) is 3.15. The second-order valence-corrected chi connectivity index (χ2v) is 8.96. The summed E-state index contributed by atoms with van der Waals surface area (Å²) in [6.45, 7) is 6.99. The zero-order valence-electron chi connectivity index (χ0n) is 15.6. The maximum atomic E-state index is 6.51. The number of furan rings is 1. The summed E-state index contributed by atoms with van der Waals surface area (Å²) in [5.74, 6) is 1.13. The monoisotopic (exact) mass is 375 g/mol. The van der Waals surface area contributed by atoms with Gasteiger partial charge in [0.05, 0.1) is 18.0 Å². The molecule has 0 spiro atoms. The van der Waals surface area contributed by atoms with Crippen LogP contribution in [-0.4, -0.2) is 24.8 Å². The molecule has 1 aromatic carbocycles. The van der Waals surface area contributed by atoms with E-state index in [1.807, 2.05) is 24.5 Å². The number of hydrogen-bond acceptors (Lipinski definition) is 4. The first-order valence-electron chi connectivity index (χ1n) is 9.43. The maximum absolute atomic E-state index is 6.51. The Balaban J connectivity index is 0.00000168. The molecule has 0 radical (unpaired) electrons. The average molecular weight is 376 g/mol. The molecule has 1 unspecified atom stereocenters. The van der Waals surface area contributed by atoms with Crippen molar-refractivity contribution in [2.75, 3.05) is 0 Å². The Morgan fingerprint density at radius 3 is 2.77 bits per heavy atom. The van der Waals surface area contributed by atoms with E-state index in [1.165, 1.54) is 6.42 Å². The van der Waals surface area contributed by atoms with Crippen LogP contribution in [0, 0.1) is 17.3 Å². The van der Waals surface area contributed by atoms with Crippen molar-refractivity contribution in [2.45, 2.75) is 57.7 Å². The predicted molar refractivity (Wildman–Crippen MR) is 105 cm³/mol. The summed E-state index contributed by atoms with van der Waals surface area (Å²) in [5, 5.41) is 1.13. The highest BCUT2D eigenvalue weighted by atomic mass is 35.5. The van der Waals surface area contributed by atoms with Crippen molar-refractivity contribution in [1.82, 2.24) is 0 Å². The molecular formula is C20H27BClNO3. The van der Waals surface area contributed by atoms with Crippen LogP contribution in [0.2, 0.25) is 0 Å². The van der Waals surface area contributed by atoms with Crippen LogP contribution in [0.4, 0.5) is 0 Å². The Kier molecular flexibility index (Phi) is 4.24. The Labute approximate surface area is 161 Å². The largest absolute Gasteiger partial charge is 0.475 e. The first kappa shape index (κ1) is 18.4. The second-order valence-electron chi connectivity index (χ2n) is 8.96. The molecule has 2 bridgehead atoms. The van der Waals surface area contributed by atoms with E-state index in [-0.39, 0.29) is 37.2 Å². The van der Waals surface area contributed by atoms with Crippen LogP contribution in [0.5, 0.6) is 0 Å². The molecule has 3 saturated carbocycles. The van der Waals surface area contributed by atoms with Crippen LogP contribution in [0.25, 0.3) is 11.0 Å². The van der Waals surface area contributed by atoms with Gasteiger partial charge < -0.3 is 19.5 Å². The van der Waals surface area contributed by atoms with Gasteiger partial charge in [-0.3, -0.25) is 0 Å². The summed E-state index contributed by atoms with van der Waals surface area (Å²) in [6.07, 6.45) is 5.05. The van der Waals surface area contributed by atoms with Crippen LogP contribution in [0.3, 0.4) is 0 Å². The highest BCUT2D eigenvalue weighted by molar-refractivity contribution is 6.47. The van der Waals surface area contributed by atoms with Gasteiger partial charge >= 0.3 is 7.12 Å². The SMILES string of the molecule is CC1(C)C2C[C@H]3OB([C@@H](N)Cc4coc5ccccc45)O[C@@]3(C)[C@H]1C2.Cl. The number of benzene rings is 1. The molecule has 2 aromatic rings. The molecule has 140 valence electrons. The third kappa shape index (κ3) is 2.41. The standard InChI is InChI=1S/C20H26BNO3.ClH/c1-19(2)13-9-16(19)20(3)17(10-13)24-21(25-20)18(22)8-12-11-23-15-7-5-4-6-14(12)15;/h4-7,11,13,16-18H,8-10,22H2,1-3H3;1H/t13?,16-,17+,18-,20-;/m0./s1. The van der Waals surface area contributed by atoms with E-state index in [4.69, 9.17) is 19.5 Å². The van der Waals surface area contributed by atoms with Crippen molar-refractivity contribution in [3.63, 3.8) is 0 Å². The van der Waals surface area contributed by atoms with Gasteiger partial charge in [0.25, 0.3) is 0 Å². The van der Waals surface area contributed by atoms with Gasteiger partial charge in [0, 0.05) is 11.3 Å². The summed E-state index contributed by atoms with van der Waals surface area (Å²) in [5.41, 5.74) is 8.70. The minimum Gasteiger partial charge on any atom is -0.464 e. The van der Waals surface area contributed by atoms with Gasteiger partial charge in [-0.15, -0.1) is 12.4 Å². The number of nitrogens with two attached hydrogens (primary N) is 1. The first-order chi connectivity index (χ1) is 11.9. The van der Waals surface area contributed by atoms with Crippen molar-refractivity contribution < 1.29 is 13.7 Å². The molecular weight excluding hydrogens is 348 g/mol. The molecule has 26 heavy (non-hydrogen) atoms. The van der Waals surface area contributed by atoms with E-state index >= 15 is 0 Å². The van der Waals surface area contributed by atoms with E-state index in [2.05, 4.69) is 26.8 Å². The number of para-hydroxylation sites is 1. The minimum absolute atomic E-state index is 0. The Bertz CT molecular complexity index is 824. The van der Waals surface area contributed by atoms with Crippen LogP contribution >= 0.6 is 12.4 Å². The molecule has 1 saturated heterocycles. The van der Waals surface area contributed by atoms with E-state index in [1.54, 1.807) is 0 Å². The van der Waals surface area contributed by atoms with Gasteiger partial charge in [0.2, 0.25) is 0 Å². The minimum atomic E-state index is -0.334. The summed E-state index contributed by atoms with van der Waals surface area (Å²) >= 11 is 0. The molecule has 3 aliphatic carbocycles. The highest BCUT2D eigenvalue weighted by Crippen LogP contribution is 2.65. The van der Waals surface area contributed by atoms with Gasteiger partial charge in [0.15, 0.2) is 0 Å². The van der Waals surface area contributed by atoms with Gasteiger partial charge in [-0.05, 0) is 55.1 Å². The Hall–Kier alpha value is -1.01. The summed E-state index contributed by atoms with van der Waals surface area (Å²) in [6, 6.07) is 8.08. The number of halogens is 1. The lowest BCUT2D eigenvalue weighted by Gasteiger charge is -2.64. The van der Waals surface area contributed by atoms with E-state index in [0.29, 0.717) is 17.8 Å². The fourth-order valence-corrected chi connectivity index (χ4v) is 5.62. The Morgan fingerprint density at radius 2 is 2.00 bits per heavy atom. The molecule has 1 aliphatic heterocycles. The molecule has 2 heterocycles.